The van der Waals surface area contributed by atoms with Gasteiger partial charge in [0.1, 0.15) is 5.82 Å². The van der Waals surface area contributed by atoms with E-state index in [0.29, 0.717) is 0 Å². The van der Waals surface area contributed by atoms with Gasteiger partial charge in [0.2, 0.25) is 0 Å². The lowest BCUT2D eigenvalue weighted by Crippen LogP contribution is -1.99. The standard InChI is InChI=1S/C15H14N3/c1-2-15-17-13-10-11(16)8-9-14(13)18(15)12-6-4-3-5-7-12/h4-10H,2,16H2,1H3. The Kier molecular flexibility index (Phi) is 2.52. The van der Waals surface area contributed by atoms with Crippen LogP contribution in [0.2, 0.25) is 0 Å². The van der Waals surface area contributed by atoms with Gasteiger partial charge in [-0.2, -0.15) is 0 Å². The minimum atomic E-state index is 0.746. The number of nitrogens with zero attached hydrogens (tertiary/aromatic N) is 2. The largest absolute Gasteiger partial charge is 0.399 e. The Labute approximate surface area is 106 Å². The number of nitrogen functional groups attached to an aromatic ring is 1. The first-order valence-corrected chi connectivity index (χ1v) is 6.03. The van der Waals surface area contributed by atoms with Gasteiger partial charge in [0.25, 0.3) is 0 Å². The molecule has 3 aromatic rings. The summed E-state index contributed by atoms with van der Waals surface area (Å²) in [7, 11) is 0. The van der Waals surface area contributed by atoms with Crippen molar-refractivity contribution in [2.24, 2.45) is 0 Å². The number of hydrogen-bond acceptors (Lipinski definition) is 2. The van der Waals surface area contributed by atoms with Crippen molar-refractivity contribution in [3.8, 4) is 5.69 Å². The van der Waals surface area contributed by atoms with Gasteiger partial charge < -0.3 is 5.73 Å². The van der Waals surface area contributed by atoms with E-state index < -0.39 is 0 Å². The molecule has 0 saturated heterocycles. The van der Waals surface area contributed by atoms with E-state index in [-0.39, 0.29) is 0 Å². The third-order valence-corrected chi connectivity index (χ3v) is 3.02. The van der Waals surface area contributed by atoms with Crippen molar-refractivity contribution in [2.45, 2.75) is 13.3 Å². The maximum Gasteiger partial charge on any atom is 0.114 e. The summed E-state index contributed by atoms with van der Waals surface area (Å²) in [6.45, 7) is 2.11. The lowest BCUT2D eigenvalue weighted by molar-refractivity contribution is 0.908. The maximum absolute atomic E-state index is 5.81. The van der Waals surface area contributed by atoms with Crippen molar-refractivity contribution < 1.29 is 0 Å². The number of fused-ring (bicyclic) bond motifs is 1. The lowest BCUT2D eigenvalue weighted by atomic mass is 10.2. The van der Waals surface area contributed by atoms with E-state index in [1.54, 1.807) is 0 Å². The van der Waals surface area contributed by atoms with Crippen LogP contribution in [-0.2, 0) is 6.42 Å². The van der Waals surface area contributed by atoms with Gasteiger partial charge >= 0.3 is 0 Å². The van der Waals surface area contributed by atoms with E-state index in [9.17, 15) is 0 Å². The summed E-state index contributed by atoms with van der Waals surface area (Å²) in [6, 6.07) is 16.8. The Hall–Kier alpha value is -2.29. The van der Waals surface area contributed by atoms with Crippen LogP contribution in [0.25, 0.3) is 16.7 Å². The summed E-state index contributed by atoms with van der Waals surface area (Å²) in [5.74, 6) is 1.04. The first-order valence-electron chi connectivity index (χ1n) is 6.03. The number of aryl methyl sites for hydroxylation is 1. The predicted molar refractivity (Wildman–Crippen MR) is 73.7 cm³/mol. The monoisotopic (exact) mass is 236 g/mol. The quantitative estimate of drug-likeness (QED) is 0.695. The SMILES string of the molecule is CCc1nc2cc(N)ccc2n1-c1cc[c]cc1. The molecule has 2 aromatic carbocycles. The number of hydrogen-bond donors (Lipinski definition) is 1. The van der Waals surface area contributed by atoms with Crippen molar-refractivity contribution in [2.75, 3.05) is 5.73 Å². The fourth-order valence-electron chi connectivity index (χ4n) is 2.20. The Balaban J connectivity index is 2.33. The second-order valence-electron chi connectivity index (χ2n) is 4.22. The molecule has 0 aliphatic carbocycles. The molecule has 1 heterocycles. The molecule has 89 valence electrons. The van der Waals surface area contributed by atoms with Crippen LogP contribution >= 0.6 is 0 Å². The Morgan fingerprint density at radius 1 is 1.22 bits per heavy atom. The van der Waals surface area contributed by atoms with Crippen LogP contribution in [0.1, 0.15) is 12.7 Å². The topological polar surface area (TPSA) is 43.8 Å². The molecule has 0 atom stereocenters. The molecule has 2 N–H and O–H groups in total. The molecule has 0 aliphatic heterocycles. The summed E-state index contributed by atoms with van der Waals surface area (Å²) in [4.78, 5) is 4.64. The molecule has 1 radical (unpaired) electrons. The molecule has 3 rings (SSSR count). The zero-order valence-electron chi connectivity index (χ0n) is 10.2. The Morgan fingerprint density at radius 2 is 2.00 bits per heavy atom. The highest BCUT2D eigenvalue weighted by atomic mass is 15.1. The van der Waals surface area contributed by atoms with Crippen molar-refractivity contribution >= 4 is 16.7 Å². The molecule has 0 saturated carbocycles. The predicted octanol–water partition coefficient (Wildman–Crippen LogP) is 2.97. The zero-order chi connectivity index (χ0) is 12.5. The average molecular weight is 236 g/mol. The molecular weight excluding hydrogens is 222 g/mol. The first kappa shape index (κ1) is 10.8. The van der Waals surface area contributed by atoms with Gasteiger partial charge in [0.05, 0.1) is 11.0 Å². The highest BCUT2D eigenvalue weighted by Gasteiger charge is 2.10. The van der Waals surface area contributed by atoms with Crippen molar-refractivity contribution in [3.63, 3.8) is 0 Å². The summed E-state index contributed by atoms with van der Waals surface area (Å²) in [5, 5.41) is 0. The van der Waals surface area contributed by atoms with Crippen molar-refractivity contribution in [1.29, 1.82) is 0 Å². The van der Waals surface area contributed by atoms with Crippen molar-refractivity contribution in [3.05, 3.63) is 54.4 Å². The molecule has 0 unspecified atom stereocenters. The van der Waals surface area contributed by atoms with Crippen LogP contribution in [0, 0.1) is 6.07 Å². The van der Waals surface area contributed by atoms with Crippen LogP contribution in [0.3, 0.4) is 0 Å². The van der Waals surface area contributed by atoms with E-state index >= 15 is 0 Å². The fraction of sp³-hybridized carbons (Fsp3) is 0.133. The molecule has 3 nitrogen and oxygen atoms in total. The molecule has 0 bridgehead atoms. The molecule has 18 heavy (non-hydrogen) atoms. The zero-order valence-corrected chi connectivity index (χ0v) is 10.2. The van der Waals surface area contributed by atoms with Gasteiger partial charge in [-0.3, -0.25) is 4.57 Å². The number of nitrogens with two attached hydrogens (primary N) is 1. The normalized spacial score (nSPS) is 10.9. The fourth-order valence-corrected chi connectivity index (χ4v) is 2.20. The van der Waals surface area contributed by atoms with Crippen LogP contribution in [0.15, 0.2) is 42.5 Å². The molecule has 3 heteroatoms. The van der Waals surface area contributed by atoms with Crippen molar-refractivity contribution in [1.82, 2.24) is 9.55 Å². The minimum absolute atomic E-state index is 0.746. The summed E-state index contributed by atoms with van der Waals surface area (Å²) in [5.41, 5.74) is 9.70. The maximum atomic E-state index is 5.81. The summed E-state index contributed by atoms with van der Waals surface area (Å²) >= 11 is 0. The van der Waals surface area contributed by atoms with E-state index in [2.05, 4.69) is 22.5 Å². The smallest absolute Gasteiger partial charge is 0.114 e. The first-order chi connectivity index (χ1) is 8.79. The summed E-state index contributed by atoms with van der Waals surface area (Å²) < 4.78 is 2.17. The third kappa shape index (κ3) is 1.64. The van der Waals surface area contributed by atoms with Crippen LogP contribution < -0.4 is 5.73 Å². The van der Waals surface area contributed by atoms with E-state index in [0.717, 1.165) is 34.7 Å². The number of imidazole rings is 1. The van der Waals surface area contributed by atoms with Crippen LogP contribution in [0.4, 0.5) is 5.69 Å². The number of anilines is 1. The van der Waals surface area contributed by atoms with Gasteiger partial charge in [-0.25, -0.2) is 4.98 Å². The third-order valence-electron chi connectivity index (χ3n) is 3.02. The Bertz CT molecular complexity index is 684. The van der Waals surface area contributed by atoms with Gasteiger partial charge in [0, 0.05) is 17.8 Å². The van der Waals surface area contributed by atoms with E-state index in [1.807, 2.05) is 42.5 Å². The Morgan fingerprint density at radius 3 is 2.72 bits per heavy atom. The second kappa shape index (κ2) is 4.18. The van der Waals surface area contributed by atoms with Gasteiger partial charge in [-0.1, -0.05) is 19.1 Å². The highest BCUT2D eigenvalue weighted by molar-refractivity contribution is 5.81. The number of benzene rings is 2. The van der Waals surface area contributed by atoms with E-state index in [4.69, 9.17) is 5.73 Å². The molecule has 1 aromatic heterocycles. The van der Waals surface area contributed by atoms with Gasteiger partial charge in [-0.15, -0.1) is 0 Å². The molecule has 0 aliphatic rings. The number of aromatic nitrogens is 2. The van der Waals surface area contributed by atoms with Gasteiger partial charge in [0.15, 0.2) is 0 Å². The van der Waals surface area contributed by atoms with Crippen LogP contribution in [0.5, 0.6) is 0 Å². The van der Waals surface area contributed by atoms with Gasteiger partial charge in [-0.05, 0) is 36.4 Å². The highest BCUT2D eigenvalue weighted by Crippen LogP contribution is 2.23. The molecule has 0 fully saturated rings. The minimum Gasteiger partial charge on any atom is -0.399 e. The lowest BCUT2D eigenvalue weighted by Gasteiger charge is -2.07. The molecule has 0 amide bonds. The van der Waals surface area contributed by atoms with Crippen LogP contribution in [-0.4, -0.2) is 9.55 Å². The molecular formula is C15H14N3. The average Bonchev–Trinajstić information content (AvgIpc) is 2.77. The number of rotatable bonds is 2. The van der Waals surface area contributed by atoms with E-state index in [1.165, 1.54) is 0 Å². The molecule has 0 spiro atoms. The second-order valence-corrected chi connectivity index (χ2v) is 4.22. The summed E-state index contributed by atoms with van der Waals surface area (Å²) in [6.07, 6.45) is 0.882.